The lowest BCUT2D eigenvalue weighted by molar-refractivity contribution is 0.402. The second-order valence-corrected chi connectivity index (χ2v) is 8.68. The predicted molar refractivity (Wildman–Crippen MR) is 115 cm³/mol. The summed E-state index contributed by atoms with van der Waals surface area (Å²) in [4.78, 5) is 0.146. The van der Waals surface area contributed by atoms with Gasteiger partial charge in [0.15, 0.2) is 0 Å². The Morgan fingerprint density at radius 3 is 2.21 bits per heavy atom. The van der Waals surface area contributed by atoms with Crippen molar-refractivity contribution in [3.05, 3.63) is 77.9 Å². The first kappa shape index (κ1) is 20.0. The van der Waals surface area contributed by atoms with Crippen LogP contribution in [0.2, 0.25) is 0 Å². The van der Waals surface area contributed by atoms with Gasteiger partial charge in [-0.05, 0) is 47.7 Å². The second kappa shape index (κ2) is 8.07. The quantitative estimate of drug-likeness (QED) is 0.591. The minimum absolute atomic E-state index is 0.146. The van der Waals surface area contributed by atoms with E-state index in [-0.39, 0.29) is 10.8 Å². The topological polar surface area (TPSA) is 55.4 Å². The summed E-state index contributed by atoms with van der Waals surface area (Å²) >= 11 is 0. The fraction of sp³-hybridized carbons (Fsp3) is 0.217. The average Bonchev–Trinajstić information content (AvgIpc) is 2.68. The molecule has 5 heteroatoms. The van der Waals surface area contributed by atoms with Crippen LogP contribution in [0, 0.1) is 6.92 Å². The summed E-state index contributed by atoms with van der Waals surface area (Å²) < 4.78 is 34.7. The normalized spacial score (nSPS) is 11.5. The minimum Gasteiger partial charge on any atom is -0.495 e. The van der Waals surface area contributed by atoms with E-state index in [2.05, 4.69) is 4.72 Å². The molecule has 0 aliphatic heterocycles. The molecule has 0 unspecified atom stereocenters. The molecule has 3 aromatic rings. The third kappa shape index (κ3) is 4.04. The Morgan fingerprint density at radius 1 is 0.929 bits per heavy atom. The van der Waals surface area contributed by atoms with Gasteiger partial charge in [0.05, 0.1) is 12.8 Å². The lowest BCUT2D eigenvalue weighted by atomic mass is 9.98. The van der Waals surface area contributed by atoms with Crippen LogP contribution in [0.15, 0.2) is 71.6 Å². The highest BCUT2D eigenvalue weighted by atomic mass is 32.2. The van der Waals surface area contributed by atoms with E-state index in [9.17, 15) is 8.42 Å². The Balaban J connectivity index is 2.08. The number of ether oxygens (including phenoxy) is 1. The van der Waals surface area contributed by atoms with Gasteiger partial charge in [0.2, 0.25) is 0 Å². The summed E-state index contributed by atoms with van der Waals surface area (Å²) in [6.45, 7) is 6.05. The average molecular weight is 396 g/mol. The zero-order valence-electron chi connectivity index (χ0n) is 16.6. The van der Waals surface area contributed by atoms with Crippen LogP contribution in [-0.2, 0) is 10.0 Å². The first-order valence-corrected chi connectivity index (χ1v) is 10.7. The zero-order chi connectivity index (χ0) is 20.3. The molecule has 0 saturated heterocycles. The first-order valence-electron chi connectivity index (χ1n) is 9.19. The summed E-state index contributed by atoms with van der Waals surface area (Å²) in [5, 5.41) is 0. The van der Waals surface area contributed by atoms with Crippen LogP contribution in [-0.4, -0.2) is 15.5 Å². The first-order chi connectivity index (χ1) is 13.3. The molecule has 0 radical (unpaired) electrons. The molecule has 0 amide bonds. The molecule has 28 heavy (non-hydrogen) atoms. The summed E-state index contributed by atoms with van der Waals surface area (Å²) in [6.07, 6.45) is 0. The number of sulfonamides is 1. The van der Waals surface area contributed by atoms with Gasteiger partial charge in [0.25, 0.3) is 10.0 Å². The van der Waals surface area contributed by atoms with E-state index in [1.807, 2.05) is 69.3 Å². The summed E-state index contributed by atoms with van der Waals surface area (Å²) in [7, 11) is -2.35. The van der Waals surface area contributed by atoms with Crippen LogP contribution in [0.5, 0.6) is 5.75 Å². The van der Waals surface area contributed by atoms with Gasteiger partial charge in [0.1, 0.15) is 10.6 Å². The van der Waals surface area contributed by atoms with Crippen molar-refractivity contribution in [2.24, 2.45) is 0 Å². The number of anilines is 1. The molecule has 0 fully saturated rings. The van der Waals surface area contributed by atoms with Crippen LogP contribution in [0.1, 0.15) is 30.9 Å². The number of nitrogens with one attached hydrogen (secondary N) is 1. The molecular formula is C23H25NO3S. The molecule has 0 heterocycles. The molecule has 3 aromatic carbocycles. The van der Waals surface area contributed by atoms with Gasteiger partial charge < -0.3 is 4.74 Å². The van der Waals surface area contributed by atoms with Crippen LogP contribution in [0.25, 0.3) is 11.1 Å². The van der Waals surface area contributed by atoms with Crippen molar-refractivity contribution in [2.75, 3.05) is 11.8 Å². The van der Waals surface area contributed by atoms with E-state index in [0.717, 1.165) is 22.3 Å². The SMILES string of the molecule is COc1cc(C)c(C(C)C)cc1S(=O)(=O)Nc1ccccc1-c1ccccc1. The number of rotatable bonds is 6. The highest BCUT2D eigenvalue weighted by Gasteiger charge is 2.23. The maximum Gasteiger partial charge on any atom is 0.265 e. The molecule has 0 aliphatic carbocycles. The smallest absolute Gasteiger partial charge is 0.265 e. The summed E-state index contributed by atoms with van der Waals surface area (Å²) in [6, 6.07) is 20.6. The maximum absolute atomic E-state index is 13.3. The molecule has 0 atom stereocenters. The van der Waals surface area contributed by atoms with Crippen molar-refractivity contribution in [3.63, 3.8) is 0 Å². The van der Waals surface area contributed by atoms with Gasteiger partial charge in [-0.3, -0.25) is 4.72 Å². The van der Waals surface area contributed by atoms with Crippen LogP contribution in [0.4, 0.5) is 5.69 Å². The highest BCUT2D eigenvalue weighted by molar-refractivity contribution is 7.92. The molecule has 4 nitrogen and oxygen atoms in total. The monoisotopic (exact) mass is 395 g/mol. The lowest BCUT2D eigenvalue weighted by Crippen LogP contribution is -2.15. The van der Waals surface area contributed by atoms with Crippen molar-refractivity contribution >= 4 is 15.7 Å². The Kier molecular flexibility index (Phi) is 5.75. The van der Waals surface area contributed by atoms with E-state index in [4.69, 9.17) is 4.74 Å². The van der Waals surface area contributed by atoms with Gasteiger partial charge in [-0.1, -0.05) is 62.4 Å². The fourth-order valence-electron chi connectivity index (χ4n) is 3.31. The number of para-hydroxylation sites is 1. The van der Waals surface area contributed by atoms with Gasteiger partial charge in [0, 0.05) is 5.56 Å². The molecular weight excluding hydrogens is 370 g/mol. The van der Waals surface area contributed by atoms with Crippen molar-refractivity contribution < 1.29 is 13.2 Å². The zero-order valence-corrected chi connectivity index (χ0v) is 17.4. The molecule has 0 saturated carbocycles. The van der Waals surface area contributed by atoms with Crippen LogP contribution in [0.3, 0.4) is 0 Å². The van der Waals surface area contributed by atoms with Crippen LogP contribution >= 0.6 is 0 Å². The maximum atomic E-state index is 13.3. The molecule has 0 bridgehead atoms. The predicted octanol–water partition coefficient (Wildman–Crippen LogP) is 5.59. The third-order valence-electron chi connectivity index (χ3n) is 4.72. The highest BCUT2D eigenvalue weighted by Crippen LogP contribution is 2.34. The van der Waals surface area contributed by atoms with Crippen molar-refractivity contribution in [1.29, 1.82) is 0 Å². The molecule has 0 aromatic heterocycles. The van der Waals surface area contributed by atoms with Gasteiger partial charge in [-0.2, -0.15) is 0 Å². The van der Waals surface area contributed by atoms with Gasteiger partial charge in [-0.15, -0.1) is 0 Å². The van der Waals surface area contributed by atoms with Crippen LogP contribution < -0.4 is 9.46 Å². The fourth-order valence-corrected chi connectivity index (χ4v) is 4.58. The third-order valence-corrected chi connectivity index (χ3v) is 6.11. The molecule has 1 N–H and O–H groups in total. The van der Waals surface area contributed by atoms with Crippen molar-refractivity contribution in [2.45, 2.75) is 31.6 Å². The number of hydrogen-bond acceptors (Lipinski definition) is 3. The number of hydrogen-bond donors (Lipinski definition) is 1. The summed E-state index contributed by atoms with van der Waals surface area (Å²) in [5.74, 6) is 0.544. The lowest BCUT2D eigenvalue weighted by Gasteiger charge is -2.18. The molecule has 0 spiro atoms. The molecule has 0 aliphatic rings. The number of methoxy groups -OCH3 is 1. The Hall–Kier alpha value is -2.79. The van der Waals surface area contributed by atoms with Crippen molar-refractivity contribution in [1.82, 2.24) is 0 Å². The van der Waals surface area contributed by atoms with E-state index in [0.29, 0.717) is 11.4 Å². The number of aryl methyl sites for hydroxylation is 1. The van der Waals surface area contributed by atoms with E-state index >= 15 is 0 Å². The van der Waals surface area contributed by atoms with E-state index in [1.165, 1.54) is 7.11 Å². The largest absolute Gasteiger partial charge is 0.495 e. The Labute approximate surface area is 167 Å². The van der Waals surface area contributed by atoms with E-state index in [1.54, 1.807) is 18.2 Å². The van der Waals surface area contributed by atoms with Gasteiger partial charge >= 0.3 is 0 Å². The number of benzene rings is 3. The Bertz CT molecular complexity index is 1070. The Morgan fingerprint density at radius 2 is 1.57 bits per heavy atom. The standard InChI is InChI=1S/C23H25NO3S/c1-16(2)20-15-23(22(27-4)14-17(20)3)28(25,26)24-21-13-9-8-12-19(21)18-10-6-5-7-11-18/h5-16,24H,1-4H3. The van der Waals surface area contributed by atoms with E-state index < -0.39 is 10.0 Å². The van der Waals surface area contributed by atoms with Gasteiger partial charge in [-0.25, -0.2) is 8.42 Å². The van der Waals surface area contributed by atoms with Crippen molar-refractivity contribution in [3.8, 4) is 16.9 Å². The minimum atomic E-state index is -3.83. The molecule has 3 rings (SSSR count). The summed E-state index contributed by atoms with van der Waals surface area (Å²) in [5.41, 5.74) is 4.29. The molecule has 146 valence electrons. The second-order valence-electron chi connectivity index (χ2n) is 7.03.